The van der Waals surface area contributed by atoms with Crippen molar-refractivity contribution in [2.75, 3.05) is 31.6 Å². The number of aromatic nitrogens is 2. The van der Waals surface area contributed by atoms with Crippen LogP contribution >= 0.6 is 15.9 Å². The molecule has 1 saturated heterocycles. The summed E-state index contributed by atoms with van der Waals surface area (Å²) in [6.45, 7) is 4.24. The van der Waals surface area contributed by atoms with Gasteiger partial charge in [-0.3, -0.25) is 0 Å². The van der Waals surface area contributed by atoms with Gasteiger partial charge in [0.15, 0.2) is 0 Å². The van der Waals surface area contributed by atoms with E-state index in [1.54, 1.807) is 0 Å². The van der Waals surface area contributed by atoms with Gasteiger partial charge in [-0.15, -0.1) is 0 Å². The molecule has 0 amide bonds. The van der Waals surface area contributed by atoms with Gasteiger partial charge >= 0.3 is 0 Å². The summed E-state index contributed by atoms with van der Waals surface area (Å²) in [4.78, 5) is 6.88. The number of likely N-dealkylation sites (tertiary alicyclic amines) is 1. The topological polar surface area (TPSA) is 30.3 Å². The molecule has 2 heterocycles. The number of hydrogen-bond donors (Lipinski definition) is 0. The molecule has 0 radical (unpaired) electrons. The molecular weight excluding hydrogens is 294 g/mol. The highest BCUT2D eigenvalue weighted by Crippen LogP contribution is 2.14. The summed E-state index contributed by atoms with van der Waals surface area (Å²) in [5, 5.41) is 0.937. The molecule has 2 rings (SSSR count). The number of ether oxygens (including phenoxy) is 1. The number of halogens is 1. The van der Waals surface area contributed by atoms with Crippen LogP contribution in [-0.2, 0) is 18.2 Å². The van der Waals surface area contributed by atoms with Crippen molar-refractivity contribution < 1.29 is 4.74 Å². The van der Waals surface area contributed by atoms with Crippen molar-refractivity contribution in [1.29, 1.82) is 0 Å². The molecule has 0 atom stereocenters. The molecule has 0 saturated carbocycles. The summed E-state index contributed by atoms with van der Waals surface area (Å²) in [5.41, 5.74) is 0. The molecule has 0 spiro atoms. The zero-order valence-electron chi connectivity index (χ0n) is 11.0. The number of alkyl halides is 1. The molecule has 0 bridgehead atoms. The zero-order chi connectivity index (χ0) is 12.8. The first kappa shape index (κ1) is 14.0. The molecule has 5 heteroatoms. The van der Waals surface area contributed by atoms with E-state index in [1.165, 1.54) is 5.82 Å². The summed E-state index contributed by atoms with van der Waals surface area (Å²) >= 11 is 3.40. The van der Waals surface area contributed by atoms with E-state index in [4.69, 9.17) is 4.74 Å². The maximum Gasteiger partial charge on any atom is 0.109 e. The van der Waals surface area contributed by atoms with E-state index in [0.717, 1.165) is 50.8 Å². The number of rotatable bonds is 6. The SMILES string of the molecule is Cn1ccnc1CCN1CCC(OCCBr)CC1. The van der Waals surface area contributed by atoms with Crippen LogP contribution in [0.15, 0.2) is 12.4 Å². The standard InChI is InChI=1S/C13H22BrN3O/c1-16-10-6-15-13(16)4-9-17-7-2-12(3-8-17)18-11-5-14/h6,10,12H,2-5,7-9,11H2,1H3. The molecule has 0 aliphatic carbocycles. The maximum absolute atomic E-state index is 5.76. The number of aryl methyl sites for hydroxylation is 1. The van der Waals surface area contributed by atoms with Crippen molar-refractivity contribution >= 4 is 15.9 Å². The molecule has 0 unspecified atom stereocenters. The molecule has 102 valence electrons. The zero-order valence-corrected chi connectivity index (χ0v) is 12.6. The van der Waals surface area contributed by atoms with Gasteiger partial charge in [0.2, 0.25) is 0 Å². The van der Waals surface area contributed by atoms with Crippen molar-refractivity contribution in [1.82, 2.24) is 14.5 Å². The summed E-state index contributed by atoms with van der Waals surface area (Å²) in [5.74, 6) is 1.17. The molecule has 1 aliphatic rings. The van der Waals surface area contributed by atoms with Crippen LogP contribution in [0.25, 0.3) is 0 Å². The Kier molecular flexibility index (Phi) is 5.66. The lowest BCUT2D eigenvalue weighted by Crippen LogP contribution is -2.38. The highest BCUT2D eigenvalue weighted by Gasteiger charge is 2.19. The second-order valence-electron chi connectivity index (χ2n) is 4.81. The lowest BCUT2D eigenvalue weighted by atomic mass is 10.1. The van der Waals surface area contributed by atoms with Gasteiger partial charge in [0.05, 0.1) is 12.7 Å². The van der Waals surface area contributed by atoms with Crippen LogP contribution in [0.3, 0.4) is 0 Å². The van der Waals surface area contributed by atoms with Crippen LogP contribution in [0.5, 0.6) is 0 Å². The Morgan fingerprint density at radius 2 is 2.22 bits per heavy atom. The van der Waals surface area contributed by atoms with Crippen LogP contribution in [0.2, 0.25) is 0 Å². The van der Waals surface area contributed by atoms with Gasteiger partial charge in [-0.2, -0.15) is 0 Å². The normalized spacial score (nSPS) is 18.3. The Morgan fingerprint density at radius 1 is 1.44 bits per heavy atom. The van der Waals surface area contributed by atoms with E-state index in [2.05, 4.69) is 37.4 Å². The maximum atomic E-state index is 5.76. The van der Waals surface area contributed by atoms with Gasteiger partial charge in [0.25, 0.3) is 0 Å². The molecular formula is C13H22BrN3O. The minimum Gasteiger partial charge on any atom is -0.377 e. The fourth-order valence-electron chi connectivity index (χ4n) is 2.41. The highest BCUT2D eigenvalue weighted by molar-refractivity contribution is 9.09. The van der Waals surface area contributed by atoms with Crippen molar-refractivity contribution in [3.63, 3.8) is 0 Å². The van der Waals surface area contributed by atoms with E-state index in [9.17, 15) is 0 Å². The summed E-state index contributed by atoms with van der Waals surface area (Å²) < 4.78 is 7.86. The second kappa shape index (κ2) is 7.26. The Hall–Kier alpha value is -0.390. The molecule has 0 N–H and O–H groups in total. The monoisotopic (exact) mass is 315 g/mol. The van der Waals surface area contributed by atoms with Crippen molar-refractivity contribution in [2.45, 2.75) is 25.4 Å². The number of hydrogen-bond acceptors (Lipinski definition) is 3. The van der Waals surface area contributed by atoms with E-state index < -0.39 is 0 Å². The largest absolute Gasteiger partial charge is 0.377 e. The number of imidazole rings is 1. The van der Waals surface area contributed by atoms with Crippen LogP contribution in [0, 0.1) is 0 Å². The fraction of sp³-hybridized carbons (Fsp3) is 0.769. The van der Waals surface area contributed by atoms with Crippen LogP contribution in [-0.4, -0.2) is 52.1 Å². The summed E-state index contributed by atoms with van der Waals surface area (Å²) in [6, 6.07) is 0. The average molecular weight is 316 g/mol. The average Bonchev–Trinajstić information content (AvgIpc) is 2.81. The highest BCUT2D eigenvalue weighted by atomic mass is 79.9. The van der Waals surface area contributed by atoms with Crippen LogP contribution < -0.4 is 0 Å². The van der Waals surface area contributed by atoms with Crippen molar-refractivity contribution in [2.24, 2.45) is 7.05 Å². The first-order valence-corrected chi connectivity index (χ1v) is 7.78. The molecule has 1 aromatic rings. The Labute approximate surface area is 117 Å². The van der Waals surface area contributed by atoms with Gasteiger partial charge in [0, 0.05) is 50.8 Å². The number of nitrogens with zero attached hydrogens (tertiary/aromatic N) is 3. The lowest BCUT2D eigenvalue weighted by molar-refractivity contribution is 0.0161. The molecule has 18 heavy (non-hydrogen) atoms. The lowest BCUT2D eigenvalue weighted by Gasteiger charge is -2.31. The third kappa shape index (κ3) is 4.07. The number of piperidine rings is 1. The minimum atomic E-state index is 0.465. The van der Waals surface area contributed by atoms with Gasteiger partial charge in [-0.05, 0) is 12.8 Å². The van der Waals surface area contributed by atoms with Crippen LogP contribution in [0.4, 0.5) is 0 Å². The Bertz CT molecular complexity index is 348. The summed E-state index contributed by atoms with van der Waals surface area (Å²) in [7, 11) is 2.06. The molecule has 1 aromatic heterocycles. The Morgan fingerprint density at radius 3 is 2.83 bits per heavy atom. The predicted octanol–water partition coefficient (Wildman–Crippen LogP) is 1.84. The van der Waals surface area contributed by atoms with E-state index >= 15 is 0 Å². The van der Waals surface area contributed by atoms with Crippen molar-refractivity contribution in [3.05, 3.63) is 18.2 Å². The smallest absolute Gasteiger partial charge is 0.109 e. The first-order valence-electron chi connectivity index (χ1n) is 6.65. The molecule has 1 aliphatic heterocycles. The van der Waals surface area contributed by atoms with Gasteiger partial charge < -0.3 is 14.2 Å². The quantitative estimate of drug-likeness (QED) is 0.750. The molecule has 1 fully saturated rings. The summed E-state index contributed by atoms with van der Waals surface area (Å²) in [6.07, 6.45) is 7.70. The van der Waals surface area contributed by atoms with Gasteiger partial charge in [-0.1, -0.05) is 15.9 Å². The fourth-order valence-corrected chi connectivity index (χ4v) is 2.59. The van der Waals surface area contributed by atoms with Crippen LogP contribution in [0.1, 0.15) is 18.7 Å². The van der Waals surface area contributed by atoms with Crippen molar-refractivity contribution in [3.8, 4) is 0 Å². The first-order chi connectivity index (χ1) is 8.79. The van der Waals surface area contributed by atoms with E-state index in [1.807, 2.05) is 12.4 Å². The predicted molar refractivity (Wildman–Crippen MR) is 76.1 cm³/mol. The third-order valence-corrected chi connectivity index (χ3v) is 3.86. The molecule has 4 nitrogen and oxygen atoms in total. The third-order valence-electron chi connectivity index (χ3n) is 3.54. The van der Waals surface area contributed by atoms with Gasteiger partial charge in [0.1, 0.15) is 5.82 Å². The Balaban J connectivity index is 1.66. The minimum absolute atomic E-state index is 0.465. The van der Waals surface area contributed by atoms with E-state index in [0.29, 0.717) is 6.10 Å². The van der Waals surface area contributed by atoms with E-state index in [-0.39, 0.29) is 0 Å². The second-order valence-corrected chi connectivity index (χ2v) is 5.60. The molecule has 0 aromatic carbocycles. The van der Waals surface area contributed by atoms with Gasteiger partial charge in [-0.25, -0.2) is 4.98 Å².